The quantitative estimate of drug-likeness (QED) is 0.809. The number of imidazole rings is 1. The summed E-state index contributed by atoms with van der Waals surface area (Å²) < 4.78 is 43.6. The average Bonchev–Trinajstić information content (AvgIpc) is 2.73. The Hall–Kier alpha value is -1.50. The van der Waals surface area contributed by atoms with Crippen molar-refractivity contribution in [2.24, 2.45) is 0 Å². The van der Waals surface area contributed by atoms with Gasteiger partial charge in [-0.05, 0) is 13.0 Å². The lowest BCUT2D eigenvalue weighted by Crippen LogP contribution is -2.14. The number of pyridine rings is 1. The van der Waals surface area contributed by atoms with Crippen molar-refractivity contribution in [2.75, 3.05) is 7.11 Å². The molecule has 2 heterocycles. The van der Waals surface area contributed by atoms with Gasteiger partial charge in [-0.15, -0.1) is 11.6 Å². The summed E-state index contributed by atoms with van der Waals surface area (Å²) in [6, 6.07) is 3.25. The molecule has 0 aliphatic rings. The summed E-state index contributed by atoms with van der Waals surface area (Å²) in [6.07, 6.45) is -5.21. The fourth-order valence-corrected chi connectivity index (χ4v) is 2.04. The highest BCUT2D eigenvalue weighted by Crippen LogP contribution is 2.28. The molecule has 2 rings (SSSR count). The third kappa shape index (κ3) is 3.15. The highest BCUT2D eigenvalue weighted by Gasteiger charge is 2.28. The molecule has 0 radical (unpaired) electrons. The minimum Gasteiger partial charge on any atom is -0.481 e. The third-order valence-electron chi connectivity index (χ3n) is 2.78. The SMILES string of the molecule is COc1ccc2nc(C(C)Cl)n(CCC(F)(F)F)c2n1. The van der Waals surface area contributed by atoms with E-state index in [4.69, 9.17) is 16.3 Å². The van der Waals surface area contributed by atoms with E-state index in [0.717, 1.165) is 0 Å². The number of aryl methyl sites for hydroxylation is 1. The first-order chi connectivity index (χ1) is 9.31. The van der Waals surface area contributed by atoms with E-state index in [1.165, 1.54) is 11.7 Å². The van der Waals surface area contributed by atoms with Crippen molar-refractivity contribution in [3.8, 4) is 5.88 Å². The van der Waals surface area contributed by atoms with Gasteiger partial charge in [-0.3, -0.25) is 0 Å². The number of methoxy groups -OCH3 is 1. The van der Waals surface area contributed by atoms with Crippen molar-refractivity contribution in [3.63, 3.8) is 0 Å². The van der Waals surface area contributed by atoms with Gasteiger partial charge in [0.15, 0.2) is 5.65 Å². The molecule has 110 valence electrons. The fourth-order valence-electron chi connectivity index (χ4n) is 1.88. The molecule has 0 amide bonds. The monoisotopic (exact) mass is 307 g/mol. The van der Waals surface area contributed by atoms with Gasteiger partial charge in [-0.2, -0.15) is 18.2 Å². The summed E-state index contributed by atoms with van der Waals surface area (Å²) in [5.74, 6) is 0.686. The Balaban J connectivity index is 2.48. The van der Waals surface area contributed by atoms with Crippen LogP contribution in [0.4, 0.5) is 13.2 Å². The third-order valence-corrected chi connectivity index (χ3v) is 2.98. The second kappa shape index (κ2) is 5.47. The van der Waals surface area contributed by atoms with Crippen molar-refractivity contribution in [1.29, 1.82) is 0 Å². The van der Waals surface area contributed by atoms with Gasteiger partial charge < -0.3 is 9.30 Å². The second-order valence-electron chi connectivity index (χ2n) is 4.30. The smallest absolute Gasteiger partial charge is 0.390 e. The van der Waals surface area contributed by atoms with Gasteiger partial charge in [0, 0.05) is 12.6 Å². The van der Waals surface area contributed by atoms with Crippen molar-refractivity contribution in [3.05, 3.63) is 18.0 Å². The Morgan fingerprint density at radius 2 is 2.05 bits per heavy atom. The maximum Gasteiger partial charge on any atom is 0.390 e. The first kappa shape index (κ1) is 14.9. The molecule has 20 heavy (non-hydrogen) atoms. The number of rotatable bonds is 4. The number of hydrogen-bond donors (Lipinski definition) is 0. The zero-order valence-electron chi connectivity index (χ0n) is 10.9. The first-order valence-electron chi connectivity index (χ1n) is 5.94. The number of aromatic nitrogens is 3. The molecule has 2 aromatic rings. The molecule has 0 bridgehead atoms. The number of ether oxygens (including phenoxy) is 1. The highest BCUT2D eigenvalue weighted by molar-refractivity contribution is 6.20. The molecule has 1 unspecified atom stereocenters. The lowest BCUT2D eigenvalue weighted by Gasteiger charge is -2.11. The number of fused-ring (bicyclic) bond motifs is 1. The summed E-state index contributed by atoms with van der Waals surface area (Å²) in [6.45, 7) is 1.39. The summed E-state index contributed by atoms with van der Waals surface area (Å²) in [4.78, 5) is 8.38. The predicted octanol–water partition coefficient (Wildman–Crippen LogP) is 3.69. The minimum atomic E-state index is -4.25. The number of hydrogen-bond acceptors (Lipinski definition) is 3. The van der Waals surface area contributed by atoms with Crippen LogP contribution in [0.2, 0.25) is 0 Å². The Morgan fingerprint density at radius 3 is 2.60 bits per heavy atom. The molecule has 1 atom stereocenters. The zero-order valence-corrected chi connectivity index (χ0v) is 11.7. The maximum absolute atomic E-state index is 12.4. The van der Waals surface area contributed by atoms with Gasteiger partial charge in [0.25, 0.3) is 0 Å². The van der Waals surface area contributed by atoms with Crippen LogP contribution in [0.5, 0.6) is 5.88 Å². The molecule has 0 aliphatic carbocycles. The summed E-state index contributed by atoms with van der Waals surface area (Å²) in [5.41, 5.74) is 0.839. The van der Waals surface area contributed by atoms with E-state index in [2.05, 4.69) is 9.97 Å². The number of halogens is 4. The van der Waals surface area contributed by atoms with Crippen LogP contribution in [0.25, 0.3) is 11.2 Å². The van der Waals surface area contributed by atoms with E-state index in [0.29, 0.717) is 22.9 Å². The first-order valence-corrected chi connectivity index (χ1v) is 6.37. The Labute approximate surface area is 118 Å². The van der Waals surface area contributed by atoms with E-state index in [-0.39, 0.29) is 6.54 Å². The molecular formula is C12H13ClF3N3O. The van der Waals surface area contributed by atoms with Crippen molar-refractivity contribution in [1.82, 2.24) is 14.5 Å². The van der Waals surface area contributed by atoms with E-state index in [1.807, 2.05) is 0 Å². The highest BCUT2D eigenvalue weighted by atomic mass is 35.5. The normalized spacial score (nSPS) is 13.7. The topological polar surface area (TPSA) is 39.9 Å². The molecular weight excluding hydrogens is 295 g/mol. The van der Waals surface area contributed by atoms with Crippen LogP contribution in [0.1, 0.15) is 24.5 Å². The molecule has 0 spiro atoms. The average molecular weight is 308 g/mol. The second-order valence-corrected chi connectivity index (χ2v) is 4.95. The van der Waals surface area contributed by atoms with Crippen LogP contribution in [-0.2, 0) is 6.54 Å². The van der Waals surface area contributed by atoms with Gasteiger partial charge in [0.05, 0.1) is 18.9 Å². The van der Waals surface area contributed by atoms with Crippen molar-refractivity contribution >= 4 is 22.8 Å². The van der Waals surface area contributed by atoms with Gasteiger partial charge in [-0.1, -0.05) is 0 Å². The fraction of sp³-hybridized carbons (Fsp3) is 0.500. The molecule has 0 N–H and O–H groups in total. The minimum absolute atomic E-state index is 0.271. The van der Waals surface area contributed by atoms with Crippen molar-refractivity contribution in [2.45, 2.75) is 31.4 Å². The number of alkyl halides is 4. The lowest BCUT2D eigenvalue weighted by atomic mass is 10.3. The summed E-state index contributed by atoms with van der Waals surface area (Å²) in [5, 5.41) is -0.511. The summed E-state index contributed by atoms with van der Waals surface area (Å²) >= 11 is 5.98. The zero-order chi connectivity index (χ0) is 14.9. The van der Waals surface area contributed by atoms with Crippen LogP contribution < -0.4 is 4.74 Å². The molecule has 4 nitrogen and oxygen atoms in total. The van der Waals surface area contributed by atoms with E-state index in [9.17, 15) is 13.2 Å². The standard InChI is InChI=1S/C12H13ClF3N3O/c1-7(13)10-17-8-3-4-9(20-2)18-11(8)19(10)6-5-12(14,15)16/h3-4,7H,5-6H2,1-2H3. The van der Waals surface area contributed by atoms with Crippen LogP contribution in [-0.4, -0.2) is 27.8 Å². The molecule has 0 fully saturated rings. The predicted molar refractivity (Wildman–Crippen MR) is 69.0 cm³/mol. The molecule has 2 aromatic heterocycles. The van der Waals surface area contributed by atoms with E-state index >= 15 is 0 Å². The molecule has 0 saturated heterocycles. The largest absolute Gasteiger partial charge is 0.481 e. The Bertz CT molecular complexity index is 610. The molecule has 8 heteroatoms. The van der Waals surface area contributed by atoms with E-state index < -0.39 is 18.0 Å². The van der Waals surface area contributed by atoms with E-state index in [1.54, 1.807) is 19.1 Å². The van der Waals surface area contributed by atoms with Crippen LogP contribution in [0, 0.1) is 0 Å². The maximum atomic E-state index is 12.4. The number of nitrogens with zero attached hydrogens (tertiary/aromatic N) is 3. The summed E-state index contributed by atoms with van der Waals surface area (Å²) in [7, 11) is 1.44. The van der Waals surface area contributed by atoms with Gasteiger partial charge >= 0.3 is 6.18 Å². The van der Waals surface area contributed by atoms with Crippen LogP contribution in [0.3, 0.4) is 0 Å². The van der Waals surface area contributed by atoms with Crippen LogP contribution >= 0.6 is 11.6 Å². The Morgan fingerprint density at radius 1 is 1.35 bits per heavy atom. The Kier molecular flexibility index (Phi) is 4.08. The molecule has 0 aliphatic heterocycles. The van der Waals surface area contributed by atoms with Gasteiger partial charge in [0.1, 0.15) is 11.3 Å². The van der Waals surface area contributed by atoms with Crippen LogP contribution in [0.15, 0.2) is 12.1 Å². The van der Waals surface area contributed by atoms with Gasteiger partial charge in [-0.25, -0.2) is 4.98 Å². The van der Waals surface area contributed by atoms with Crippen molar-refractivity contribution < 1.29 is 17.9 Å². The molecule has 0 saturated carbocycles. The van der Waals surface area contributed by atoms with Gasteiger partial charge in [0.2, 0.25) is 5.88 Å². The molecule has 0 aromatic carbocycles. The lowest BCUT2D eigenvalue weighted by molar-refractivity contribution is -0.136.